The molecule has 3 aromatic rings. The lowest BCUT2D eigenvalue weighted by atomic mass is 9.99. The van der Waals surface area contributed by atoms with Gasteiger partial charge in [0.15, 0.2) is 0 Å². The van der Waals surface area contributed by atoms with Crippen molar-refractivity contribution in [2.75, 3.05) is 7.11 Å². The zero-order valence-corrected chi connectivity index (χ0v) is 12.4. The molecule has 0 radical (unpaired) electrons. The highest BCUT2D eigenvalue weighted by Crippen LogP contribution is 2.38. The third kappa shape index (κ3) is 2.18. The quantitative estimate of drug-likeness (QED) is 0.609. The summed E-state index contributed by atoms with van der Waals surface area (Å²) in [5.41, 5.74) is 1.30. The predicted octanol–water partition coefficient (Wildman–Crippen LogP) is 5.42. The number of halogens is 2. The van der Waals surface area contributed by atoms with E-state index >= 15 is 0 Å². The first-order chi connectivity index (χ1) is 9.70. The van der Waals surface area contributed by atoms with Crippen LogP contribution in [0.1, 0.15) is 0 Å². The molecule has 0 amide bonds. The Morgan fingerprint density at radius 3 is 2.45 bits per heavy atom. The molecule has 3 aromatic carbocycles. The van der Waals surface area contributed by atoms with Crippen molar-refractivity contribution >= 4 is 26.7 Å². The van der Waals surface area contributed by atoms with Crippen molar-refractivity contribution in [3.05, 3.63) is 64.9 Å². The van der Waals surface area contributed by atoms with Crippen molar-refractivity contribution in [3.63, 3.8) is 0 Å². The van der Waals surface area contributed by atoms with Gasteiger partial charge in [0.2, 0.25) is 0 Å². The van der Waals surface area contributed by atoms with E-state index in [2.05, 4.69) is 15.9 Å². The molecule has 3 rings (SSSR count). The third-order valence-electron chi connectivity index (χ3n) is 3.31. The van der Waals surface area contributed by atoms with Crippen LogP contribution in [-0.4, -0.2) is 7.11 Å². The van der Waals surface area contributed by atoms with Crippen LogP contribution in [0.15, 0.2) is 59.1 Å². The number of benzene rings is 3. The second-order valence-corrected chi connectivity index (χ2v) is 5.41. The number of methoxy groups -OCH3 is 1. The molecule has 0 atom stereocenters. The number of hydrogen-bond acceptors (Lipinski definition) is 1. The Morgan fingerprint density at radius 2 is 1.70 bits per heavy atom. The fourth-order valence-corrected chi connectivity index (χ4v) is 2.72. The molecule has 3 heteroatoms. The summed E-state index contributed by atoms with van der Waals surface area (Å²) in [7, 11) is 1.61. The normalized spacial score (nSPS) is 10.8. The van der Waals surface area contributed by atoms with Crippen molar-refractivity contribution in [2.45, 2.75) is 0 Å². The van der Waals surface area contributed by atoms with Gasteiger partial charge in [0.05, 0.1) is 7.11 Å². The minimum absolute atomic E-state index is 0.270. The van der Waals surface area contributed by atoms with E-state index in [1.54, 1.807) is 13.2 Å². The fraction of sp³-hybridized carbons (Fsp3) is 0.0588. The van der Waals surface area contributed by atoms with Crippen molar-refractivity contribution in [3.8, 4) is 16.9 Å². The SMILES string of the molecule is COc1c(-c2ccc(Br)cc2F)ccc2ccccc12. The van der Waals surface area contributed by atoms with Gasteiger partial charge in [-0.2, -0.15) is 0 Å². The maximum Gasteiger partial charge on any atom is 0.134 e. The highest BCUT2D eigenvalue weighted by atomic mass is 79.9. The monoisotopic (exact) mass is 330 g/mol. The number of hydrogen-bond donors (Lipinski definition) is 0. The summed E-state index contributed by atoms with van der Waals surface area (Å²) < 4.78 is 20.4. The fourth-order valence-electron chi connectivity index (χ4n) is 2.38. The molecule has 0 aliphatic heterocycles. The summed E-state index contributed by atoms with van der Waals surface area (Å²) in [6.07, 6.45) is 0. The topological polar surface area (TPSA) is 9.23 Å². The summed E-state index contributed by atoms with van der Waals surface area (Å²) in [5, 5.41) is 2.06. The molecule has 0 saturated heterocycles. The van der Waals surface area contributed by atoms with Gasteiger partial charge in [-0.1, -0.05) is 52.3 Å². The maximum atomic E-state index is 14.2. The van der Waals surface area contributed by atoms with Gasteiger partial charge in [0, 0.05) is 21.0 Å². The highest BCUT2D eigenvalue weighted by molar-refractivity contribution is 9.10. The molecule has 20 heavy (non-hydrogen) atoms. The van der Waals surface area contributed by atoms with Gasteiger partial charge in [-0.25, -0.2) is 4.39 Å². The molecule has 0 saturated carbocycles. The smallest absolute Gasteiger partial charge is 0.134 e. The summed E-state index contributed by atoms with van der Waals surface area (Å²) >= 11 is 3.27. The van der Waals surface area contributed by atoms with Crippen molar-refractivity contribution < 1.29 is 9.13 Å². The average molecular weight is 331 g/mol. The summed E-state index contributed by atoms with van der Waals surface area (Å²) in [6, 6.07) is 16.8. The molecule has 0 fully saturated rings. The standard InChI is InChI=1S/C17H12BrFO/c1-20-17-13-5-3-2-4-11(13)6-8-15(17)14-9-7-12(18)10-16(14)19/h2-10H,1H3. The lowest BCUT2D eigenvalue weighted by Gasteiger charge is -2.13. The van der Waals surface area contributed by atoms with Gasteiger partial charge in [-0.3, -0.25) is 0 Å². The third-order valence-corrected chi connectivity index (χ3v) is 3.80. The van der Waals surface area contributed by atoms with Crippen molar-refractivity contribution in [1.29, 1.82) is 0 Å². The second kappa shape index (κ2) is 5.25. The molecular weight excluding hydrogens is 319 g/mol. The summed E-state index contributed by atoms with van der Waals surface area (Å²) in [6.45, 7) is 0. The molecule has 0 N–H and O–H groups in total. The zero-order valence-electron chi connectivity index (χ0n) is 10.9. The summed E-state index contributed by atoms with van der Waals surface area (Å²) in [5.74, 6) is 0.428. The van der Waals surface area contributed by atoms with Crippen molar-refractivity contribution in [1.82, 2.24) is 0 Å². The molecule has 0 aromatic heterocycles. The van der Waals surface area contributed by atoms with E-state index in [1.165, 1.54) is 6.07 Å². The first-order valence-corrected chi connectivity index (χ1v) is 7.01. The Kier molecular flexibility index (Phi) is 3.45. The van der Waals surface area contributed by atoms with Gasteiger partial charge in [-0.05, 0) is 23.6 Å². The Bertz CT molecular complexity index is 783. The average Bonchev–Trinajstić information content (AvgIpc) is 2.46. The van der Waals surface area contributed by atoms with E-state index < -0.39 is 0 Å². The first-order valence-electron chi connectivity index (χ1n) is 6.22. The van der Waals surface area contributed by atoms with E-state index in [0.29, 0.717) is 11.3 Å². The van der Waals surface area contributed by atoms with Crippen LogP contribution in [0.3, 0.4) is 0 Å². The lowest BCUT2D eigenvalue weighted by Crippen LogP contribution is -1.92. The van der Waals surface area contributed by atoms with Crippen LogP contribution < -0.4 is 4.74 Å². The number of ether oxygens (including phenoxy) is 1. The van der Waals surface area contributed by atoms with Crippen LogP contribution >= 0.6 is 15.9 Å². The largest absolute Gasteiger partial charge is 0.495 e. The predicted molar refractivity (Wildman–Crippen MR) is 83.6 cm³/mol. The van der Waals surface area contributed by atoms with E-state index in [9.17, 15) is 4.39 Å². The first kappa shape index (κ1) is 13.1. The molecule has 1 nitrogen and oxygen atoms in total. The van der Waals surface area contributed by atoms with Gasteiger partial charge in [-0.15, -0.1) is 0 Å². The number of rotatable bonds is 2. The Labute approximate surface area is 125 Å². The van der Waals surface area contributed by atoms with E-state index in [4.69, 9.17) is 4.74 Å². The van der Waals surface area contributed by atoms with Crippen LogP contribution in [0.25, 0.3) is 21.9 Å². The van der Waals surface area contributed by atoms with Gasteiger partial charge in [0.25, 0.3) is 0 Å². The van der Waals surface area contributed by atoms with Crippen LogP contribution in [-0.2, 0) is 0 Å². The lowest BCUT2D eigenvalue weighted by molar-refractivity contribution is 0.421. The molecule has 100 valence electrons. The van der Waals surface area contributed by atoms with Crippen molar-refractivity contribution in [2.24, 2.45) is 0 Å². The molecule has 0 bridgehead atoms. The molecule has 0 unspecified atom stereocenters. The minimum atomic E-state index is -0.270. The van der Waals surface area contributed by atoms with Gasteiger partial charge >= 0.3 is 0 Å². The highest BCUT2D eigenvalue weighted by Gasteiger charge is 2.13. The Hall–Kier alpha value is -1.87. The van der Waals surface area contributed by atoms with Crippen LogP contribution in [0, 0.1) is 5.82 Å². The second-order valence-electron chi connectivity index (χ2n) is 4.49. The van der Waals surface area contributed by atoms with E-state index in [-0.39, 0.29) is 5.82 Å². The molecule has 0 aliphatic rings. The molecule has 0 heterocycles. The molecular formula is C17H12BrFO. The minimum Gasteiger partial charge on any atom is -0.495 e. The summed E-state index contributed by atoms with van der Waals surface area (Å²) in [4.78, 5) is 0. The Balaban J connectivity index is 2.30. The number of fused-ring (bicyclic) bond motifs is 1. The van der Waals surface area contributed by atoms with Crippen LogP contribution in [0.5, 0.6) is 5.75 Å². The maximum absolute atomic E-state index is 14.2. The molecule has 0 spiro atoms. The van der Waals surface area contributed by atoms with Crippen LogP contribution in [0.2, 0.25) is 0 Å². The van der Waals surface area contributed by atoms with Gasteiger partial charge in [0.1, 0.15) is 11.6 Å². The van der Waals surface area contributed by atoms with E-state index in [0.717, 1.165) is 20.8 Å². The zero-order chi connectivity index (χ0) is 14.1. The Morgan fingerprint density at radius 1 is 0.950 bits per heavy atom. The van der Waals surface area contributed by atoms with Crippen LogP contribution in [0.4, 0.5) is 4.39 Å². The molecule has 0 aliphatic carbocycles. The van der Waals surface area contributed by atoms with E-state index in [1.807, 2.05) is 42.5 Å². The van der Waals surface area contributed by atoms with Gasteiger partial charge < -0.3 is 4.74 Å².